The fraction of sp³-hybridized carbons (Fsp3) is 0.500. The topological polar surface area (TPSA) is 105 Å². The molecule has 11 heteroatoms. The zero-order valence-corrected chi connectivity index (χ0v) is 26.6. The lowest BCUT2D eigenvalue weighted by Gasteiger charge is -2.27. The molecule has 0 radical (unpaired) electrons. The standard InChI is InChI=1S/C34H39N7O3S/c1-38-32-25(11-21(12-28(32)43-2)34(42)40-16-20-5-6-26(40)30(20)35)37-33(38)27-13-29-31(39(27)15-19-3-4-19)24(18-45-29)22-14-36-41(17-22)23-7-9-44-10-8-23/h11-14,17-20,23,26,30H,3-10,15-16,35H2,1-2H3/t20-,26-,30-/m1/s1. The SMILES string of the molecule is COc1cc(C(=O)N2C[C@H]3CC[C@@H]2[C@@H]3N)cc2nc(-c3cc4scc(-c5cnn(C6CCOCC6)c5)c4n3CC3CC3)n(C)c12. The second-order valence-corrected chi connectivity index (χ2v) is 14.4. The first-order valence-electron chi connectivity index (χ1n) is 16.3. The Bertz CT molecular complexity index is 1940. The summed E-state index contributed by atoms with van der Waals surface area (Å²) in [6, 6.07) is 6.70. The second kappa shape index (κ2) is 10.4. The summed E-state index contributed by atoms with van der Waals surface area (Å²) in [6.07, 6.45) is 10.8. The number of hydrogen-bond acceptors (Lipinski definition) is 7. The van der Waals surface area contributed by atoms with Crippen LogP contribution in [-0.4, -0.2) is 73.7 Å². The van der Waals surface area contributed by atoms with E-state index in [2.05, 4.69) is 38.5 Å². The lowest BCUT2D eigenvalue weighted by atomic mass is 10.1. The fourth-order valence-corrected chi connectivity index (χ4v) is 9.11. The highest BCUT2D eigenvalue weighted by Gasteiger charge is 2.47. The summed E-state index contributed by atoms with van der Waals surface area (Å²) >= 11 is 1.78. The molecule has 2 saturated heterocycles. The summed E-state index contributed by atoms with van der Waals surface area (Å²) in [5.74, 6) is 2.64. The molecule has 2 saturated carbocycles. The molecule has 1 amide bonds. The van der Waals surface area contributed by atoms with Crippen LogP contribution in [0.4, 0.5) is 0 Å². The van der Waals surface area contributed by atoms with E-state index >= 15 is 0 Å². The van der Waals surface area contributed by atoms with Crippen molar-refractivity contribution in [1.29, 1.82) is 0 Å². The average molecular weight is 626 g/mol. The lowest BCUT2D eigenvalue weighted by molar-refractivity contribution is 0.0662. The maximum atomic E-state index is 13.8. The summed E-state index contributed by atoms with van der Waals surface area (Å²) < 4.78 is 19.5. The van der Waals surface area contributed by atoms with E-state index in [9.17, 15) is 4.79 Å². The summed E-state index contributed by atoms with van der Waals surface area (Å²) in [5.41, 5.74) is 13.4. The number of nitrogens with two attached hydrogens (primary N) is 1. The van der Waals surface area contributed by atoms with Crippen LogP contribution in [-0.2, 0) is 18.3 Å². The summed E-state index contributed by atoms with van der Waals surface area (Å²) in [6.45, 7) is 3.28. The molecule has 2 bridgehead atoms. The first-order valence-corrected chi connectivity index (χ1v) is 17.2. The van der Waals surface area contributed by atoms with Crippen LogP contribution in [0.15, 0.2) is 36.0 Å². The first kappa shape index (κ1) is 27.6. The van der Waals surface area contributed by atoms with Crippen LogP contribution in [0.3, 0.4) is 0 Å². The molecule has 2 aliphatic heterocycles. The van der Waals surface area contributed by atoms with Crippen LogP contribution >= 0.6 is 11.3 Å². The number of likely N-dealkylation sites (tertiary alicyclic amines) is 1. The predicted molar refractivity (Wildman–Crippen MR) is 175 cm³/mol. The second-order valence-electron chi connectivity index (χ2n) is 13.5. The highest BCUT2D eigenvalue weighted by Crippen LogP contribution is 2.44. The Hall–Kier alpha value is -3.67. The van der Waals surface area contributed by atoms with E-state index in [1.807, 2.05) is 23.2 Å². The third-order valence-electron chi connectivity index (χ3n) is 10.8. The third kappa shape index (κ3) is 4.38. The predicted octanol–water partition coefficient (Wildman–Crippen LogP) is 5.45. The zero-order valence-electron chi connectivity index (χ0n) is 25.8. The van der Waals surface area contributed by atoms with Gasteiger partial charge in [-0.2, -0.15) is 5.10 Å². The van der Waals surface area contributed by atoms with Gasteiger partial charge < -0.3 is 29.2 Å². The van der Waals surface area contributed by atoms with Gasteiger partial charge >= 0.3 is 0 Å². The lowest BCUT2D eigenvalue weighted by Crippen LogP contribution is -2.41. The maximum Gasteiger partial charge on any atom is 0.254 e. The molecular formula is C34H39N7O3S. The van der Waals surface area contributed by atoms with Crippen LogP contribution in [0.5, 0.6) is 5.75 Å². The van der Waals surface area contributed by atoms with Gasteiger partial charge in [0.2, 0.25) is 0 Å². The number of aromatic nitrogens is 5. The van der Waals surface area contributed by atoms with Gasteiger partial charge in [0.1, 0.15) is 11.3 Å². The van der Waals surface area contributed by atoms with Gasteiger partial charge in [0, 0.05) is 73.7 Å². The summed E-state index contributed by atoms with van der Waals surface area (Å²) in [7, 11) is 3.72. The third-order valence-corrected chi connectivity index (χ3v) is 11.7. The molecular weight excluding hydrogens is 586 g/mol. The Morgan fingerprint density at radius 2 is 1.96 bits per heavy atom. The molecule has 3 atom stereocenters. The maximum absolute atomic E-state index is 13.8. The highest BCUT2D eigenvalue weighted by molar-refractivity contribution is 7.17. The van der Waals surface area contributed by atoms with Gasteiger partial charge in [0.05, 0.1) is 40.8 Å². The molecule has 4 aliphatic rings. The number of rotatable bonds is 7. The molecule has 0 unspecified atom stereocenters. The van der Waals surface area contributed by atoms with Crippen LogP contribution in [0, 0.1) is 11.8 Å². The van der Waals surface area contributed by atoms with Crippen molar-refractivity contribution in [3.63, 3.8) is 0 Å². The van der Waals surface area contributed by atoms with E-state index in [0.717, 1.165) is 80.1 Å². The van der Waals surface area contributed by atoms with Crippen LogP contribution < -0.4 is 10.5 Å². The number of thiophene rings is 1. The van der Waals surface area contributed by atoms with Gasteiger partial charge in [-0.15, -0.1) is 11.3 Å². The molecule has 9 rings (SSSR count). The van der Waals surface area contributed by atoms with Gasteiger partial charge in [0.15, 0.2) is 5.82 Å². The number of fused-ring (bicyclic) bond motifs is 4. The Labute approximate surface area is 265 Å². The molecule has 4 fully saturated rings. The number of hydrogen-bond donors (Lipinski definition) is 1. The Kier molecular flexibility index (Phi) is 6.40. The van der Waals surface area contributed by atoms with Gasteiger partial charge in [-0.05, 0) is 68.6 Å². The number of nitrogens with zero attached hydrogens (tertiary/aromatic N) is 6. The monoisotopic (exact) mass is 625 g/mol. The molecule has 2 aliphatic carbocycles. The van der Waals surface area contributed by atoms with Crippen molar-refractivity contribution in [2.75, 3.05) is 26.9 Å². The van der Waals surface area contributed by atoms with Crippen molar-refractivity contribution in [2.24, 2.45) is 24.6 Å². The molecule has 45 heavy (non-hydrogen) atoms. The van der Waals surface area contributed by atoms with Crippen molar-refractivity contribution < 1.29 is 14.3 Å². The number of benzene rings is 1. The van der Waals surface area contributed by atoms with Crippen LogP contribution in [0.1, 0.15) is 54.9 Å². The van der Waals surface area contributed by atoms with Crippen molar-refractivity contribution in [3.8, 4) is 28.4 Å². The number of ether oxygens (including phenoxy) is 2. The number of carbonyl (C=O) groups is 1. The van der Waals surface area contributed by atoms with Crippen LogP contribution in [0.25, 0.3) is 43.9 Å². The van der Waals surface area contributed by atoms with E-state index in [1.54, 1.807) is 18.4 Å². The Morgan fingerprint density at radius 3 is 2.69 bits per heavy atom. The van der Waals surface area contributed by atoms with Gasteiger partial charge in [-0.1, -0.05) is 0 Å². The van der Waals surface area contributed by atoms with Crippen molar-refractivity contribution in [1.82, 2.24) is 28.8 Å². The molecule has 4 aromatic heterocycles. The van der Waals surface area contributed by atoms with E-state index in [1.165, 1.54) is 28.6 Å². The van der Waals surface area contributed by atoms with E-state index in [4.69, 9.17) is 25.3 Å². The van der Waals surface area contributed by atoms with Crippen LogP contribution in [0.2, 0.25) is 0 Å². The van der Waals surface area contributed by atoms with Gasteiger partial charge in [-0.25, -0.2) is 4.98 Å². The van der Waals surface area contributed by atoms with E-state index in [-0.39, 0.29) is 18.0 Å². The van der Waals surface area contributed by atoms with Crippen molar-refractivity contribution in [2.45, 2.75) is 63.2 Å². The number of amides is 1. The number of piperidine rings is 1. The molecule has 234 valence electrons. The average Bonchev–Trinajstić information content (AvgIpc) is 3.55. The smallest absolute Gasteiger partial charge is 0.254 e. The molecule has 6 heterocycles. The van der Waals surface area contributed by atoms with Crippen molar-refractivity contribution >= 4 is 38.5 Å². The Morgan fingerprint density at radius 1 is 1.11 bits per heavy atom. The minimum Gasteiger partial charge on any atom is -0.494 e. The normalized spacial score (nSPS) is 23.6. The highest BCUT2D eigenvalue weighted by atomic mass is 32.1. The summed E-state index contributed by atoms with van der Waals surface area (Å²) in [4.78, 5) is 20.9. The number of aryl methyl sites for hydroxylation is 1. The number of methoxy groups -OCH3 is 1. The Balaban J connectivity index is 1.13. The molecule has 1 aromatic carbocycles. The van der Waals surface area contributed by atoms with Gasteiger partial charge in [0.25, 0.3) is 5.91 Å². The quantitative estimate of drug-likeness (QED) is 0.258. The molecule has 2 N–H and O–H groups in total. The molecule has 0 spiro atoms. The molecule has 5 aromatic rings. The van der Waals surface area contributed by atoms with E-state index in [0.29, 0.717) is 29.2 Å². The first-order chi connectivity index (χ1) is 22.0. The number of carbonyl (C=O) groups excluding carboxylic acids is 1. The minimum atomic E-state index is 0.0219. The fourth-order valence-electron chi connectivity index (χ4n) is 8.10. The largest absolute Gasteiger partial charge is 0.494 e. The van der Waals surface area contributed by atoms with E-state index < -0.39 is 0 Å². The zero-order chi connectivity index (χ0) is 30.4. The summed E-state index contributed by atoms with van der Waals surface area (Å²) in [5, 5.41) is 7.06. The number of imidazole rings is 1. The van der Waals surface area contributed by atoms with Gasteiger partial charge in [-0.3, -0.25) is 9.48 Å². The molecule has 10 nitrogen and oxygen atoms in total. The van der Waals surface area contributed by atoms with Crippen molar-refractivity contribution in [3.05, 3.63) is 41.5 Å². The minimum absolute atomic E-state index is 0.0219.